The van der Waals surface area contributed by atoms with Gasteiger partial charge in [0.05, 0.1) is 6.10 Å². The molecule has 1 aliphatic rings. The molecule has 0 aliphatic carbocycles. The quantitative estimate of drug-likeness (QED) is 0.219. The van der Waals surface area contributed by atoms with E-state index in [1.165, 1.54) is 12.0 Å². The Morgan fingerprint density at radius 2 is 2.16 bits per heavy atom. The molecule has 1 N–H and O–H groups in total. The highest BCUT2D eigenvalue weighted by molar-refractivity contribution is 14.0. The lowest BCUT2D eigenvalue weighted by atomic mass is 9.89. The third kappa shape index (κ3) is 6.98. The average molecular weight is 457 g/mol. The van der Waals surface area contributed by atoms with E-state index in [0.29, 0.717) is 5.92 Å². The average Bonchev–Trinajstić information content (AvgIpc) is 2.63. The van der Waals surface area contributed by atoms with Gasteiger partial charge in [-0.25, -0.2) is 0 Å². The van der Waals surface area contributed by atoms with Crippen molar-refractivity contribution in [1.29, 1.82) is 0 Å². The van der Waals surface area contributed by atoms with Crippen molar-refractivity contribution < 1.29 is 4.74 Å². The van der Waals surface area contributed by atoms with Crippen LogP contribution in [0.1, 0.15) is 37.4 Å². The highest BCUT2D eigenvalue weighted by Gasteiger charge is 2.27. The molecule has 1 fully saturated rings. The molecule has 1 saturated heterocycles. The van der Waals surface area contributed by atoms with Crippen LogP contribution in [0.3, 0.4) is 0 Å². The van der Waals surface area contributed by atoms with E-state index in [1.54, 1.807) is 0 Å². The van der Waals surface area contributed by atoms with Gasteiger partial charge >= 0.3 is 0 Å². The van der Waals surface area contributed by atoms with Gasteiger partial charge in [-0.3, -0.25) is 4.99 Å². The second-order valence-corrected chi connectivity index (χ2v) is 6.38. The molecule has 0 spiro atoms. The van der Waals surface area contributed by atoms with Crippen LogP contribution in [0.2, 0.25) is 0 Å². The van der Waals surface area contributed by atoms with Crippen molar-refractivity contribution in [3.8, 4) is 0 Å². The number of unbranched alkanes of at least 4 members (excludes halogenated alkanes) is 1. The summed E-state index contributed by atoms with van der Waals surface area (Å²) in [6.07, 6.45) is 6.59. The number of aliphatic imine (C=N–C) groups is 1. The molecule has 0 amide bonds. The van der Waals surface area contributed by atoms with Gasteiger partial charge in [-0.15, -0.1) is 30.6 Å². The third-order valence-corrected chi connectivity index (χ3v) is 4.57. The number of nitrogens with zero attached hydrogens (tertiary/aromatic N) is 2. The number of rotatable bonds is 7. The molecule has 1 heterocycles. The van der Waals surface area contributed by atoms with Crippen molar-refractivity contribution in [2.45, 2.75) is 31.8 Å². The van der Waals surface area contributed by atoms with Crippen LogP contribution in [0.5, 0.6) is 0 Å². The summed E-state index contributed by atoms with van der Waals surface area (Å²) in [5, 5.41) is 3.54. The lowest BCUT2D eigenvalue weighted by molar-refractivity contribution is -0.0266. The van der Waals surface area contributed by atoms with E-state index in [2.05, 4.69) is 59.2 Å². The summed E-state index contributed by atoms with van der Waals surface area (Å²) in [4.78, 5) is 6.60. The molecule has 1 aromatic carbocycles. The number of ether oxygens (including phenoxy) is 1. The highest BCUT2D eigenvalue weighted by Crippen LogP contribution is 2.33. The summed E-state index contributed by atoms with van der Waals surface area (Å²) in [5.41, 5.74) is 1.28. The number of hydrogen-bond donors (Lipinski definition) is 1. The lowest BCUT2D eigenvalue weighted by Gasteiger charge is -2.33. The Bertz CT molecular complexity index is 521. The molecule has 0 radical (unpaired) electrons. The summed E-state index contributed by atoms with van der Waals surface area (Å²) in [7, 11) is 3.93. The van der Waals surface area contributed by atoms with Crippen LogP contribution >= 0.6 is 24.0 Å². The Morgan fingerprint density at radius 1 is 1.40 bits per heavy atom. The number of guanidine groups is 1. The van der Waals surface area contributed by atoms with E-state index < -0.39 is 0 Å². The third-order valence-electron chi connectivity index (χ3n) is 4.57. The first kappa shape index (κ1) is 22.0. The van der Waals surface area contributed by atoms with Gasteiger partial charge in [-0.05, 0) is 31.2 Å². The van der Waals surface area contributed by atoms with E-state index in [4.69, 9.17) is 4.74 Å². The van der Waals surface area contributed by atoms with Gasteiger partial charge in [-0.1, -0.05) is 36.4 Å². The molecule has 0 saturated carbocycles. The number of hydrogen-bond acceptors (Lipinski definition) is 2. The largest absolute Gasteiger partial charge is 0.373 e. The van der Waals surface area contributed by atoms with Crippen LogP contribution in [0.4, 0.5) is 0 Å². The second-order valence-electron chi connectivity index (χ2n) is 6.38. The first-order valence-corrected chi connectivity index (χ1v) is 8.95. The molecule has 1 aromatic rings. The topological polar surface area (TPSA) is 36.9 Å². The number of allylic oxidation sites excluding steroid dienone is 1. The second kappa shape index (κ2) is 12.3. The van der Waals surface area contributed by atoms with Crippen molar-refractivity contribution in [3.63, 3.8) is 0 Å². The predicted molar refractivity (Wildman–Crippen MR) is 117 cm³/mol. The molecule has 2 unspecified atom stereocenters. The van der Waals surface area contributed by atoms with Crippen LogP contribution in [-0.4, -0.2) is 44.7 Å². The van der Waals surface area contributed by atoms with Crippen LogP contribution in [0.15, 0.2) is 48.0 Å². The molecular weight excluding hydrogens is 425 g/mol. The molecule has 140 valence electrons. The fourth-order valence-corrected chi connectivity index (χ4v) is 3.25. The minimum absolute atomic E-state index is 0. The Hall–Kier alpha value is -1.08. The van der Waals surface area contributed by atoms with Crippen molar-refractivity contribution in [1.82, 2.24) is 10.2 Å². The minimum atomic E-state index is 0. The van der Waals surface area contributed by atoms with Crippen molar-refractivity contribution in [3.05, 3.63) is 48.6 Å². The van der Waals surface area contributed by atoms with Crippen molar-refractivity contribution in [2.24, 2.45) is 10.9 Å². The van der Waals surface area contributed by atoms with Gasteiger partial charge < -0.3 is 15.0 Å². The maximum absolute atomic E-state index is 6.08. The Labute approximate surface area is 169 Å². The Kier molecular flexibility index (Phi) is 10.8. The van der Waals surface area contributed by atoms with Crippen molar-refractivity contribution in [2.75, 3.05) is 33.8 Å². The van der Waals surface area contributed by atoms with E-state index in [9.17, 15) is 0 Å². The zero-order valence-electron chi connectivity index (χ0n) is 15.5. The number of halogens is 1. The molecule has 1 aliphatic heterocycles. The van der Waals surface area contributed by atoms with Gasteiger partial charge in [0, 0.05) is 39.7 Å². The summed E-state index contributed by atoms with van der Waals surface area (Å²) in [5.74, 6) is 1.43. The first-order chi connectivity index (χ1) is 11.8. The minimum Gasteiger partial charge on any atom is -0.373 e. The molecule has 2 atom stereocenters. The van der Waals surface area contributed by atoms with E-state index in [1.807, 2.05) is 13.1 Å². The number of nitrogens with one attached hydrogen (secondary N) is 1. The normalized spacial score (nSPS) is 20.5. The predicted octanol–water partition coefficient (Wildman–Crippen LogP) is 4.25. The Balaban J connectivity index is 0.00000312. The van der Waals surface area contributed by atoms with E-state index in [-0.39, 0.29) is 30.1 Å². The van der Waals surface area contributed by atoms with Gasteiger partial charge in [0.2, 0.25) is 0 Å². The van der Waals surface area contributed by atoms with E-state index >= 15 is 0 Å². The molecular formula is C20H32IN3O. The molecule has 5 heteroatoms. The molecule has 2 rings (SSSR count). The van der Waals surface area contributed by atoms with E-state index in [0.717, 1.165) is 44.9 Å². The highest BCUT2D eigenvalue weighted by atomic mass is 127. The van der Waals surface area contributed by atoms with Gasteiger partial charge in [0.15, 0.2) is 5.96 Å². The zero-order valence-corrected chi connectivity index (χ0v) is 17.8. The molecule has 0 bridgehead atoms. The van der Waals surface area contributed by atoms with Crippen molar-refractivity contribution >= 4 is 29.9 Å². The van der Waals surface area contributed by atoms with Crippen LogP contribution in [0.25, 0.3) is 0 Å². The summed E-state index contributed by atoms with van der Waals surface area (Å²) < 4.78 is 6.08. The smallest absolute Gasteiger partial charge is 0.193 e. The Morgan fingerprint density at radius 3 is 2.84 bits per heavy atom. The fraction of sp³-hybridized carbons (Fsp3) is 0.550. The molecule has 0 aromatic heterocycles. The maximum Gasteiger partial charge on any atom is 0.193 e. The number of benzene rings is 1. The summed E-state index contributed by atoms with van der Waals surface area (Å²) in [6, 6.07) is 10.6. The SMILES string of the molecule is C=CCCCN(C)C(=NC)NCC1CCCOC1c1ccccc1.I. The van der Waals surface area contributed by atoms with Crippen LogP contribution in [-0.2, 0) is 4.74 Å². The van der Waals surface area contributed by atoms with Crippen LogP contribution < -0.4 is 5.32 Å². The maximum atomic E-state index is 6.08. The first-order valence-electron chi connectivity index (χ1n) is 8.95. The van der Waals surface area contributed by atoms with Gasteiger partial charge in [-0.2, -0.15) is 0 Å². The van der Waals surface area contributed by atoms with Gasteiger partial charge in [0.25, 0.3) is 0 Å². The standard InChI is InChI=1S/C20H31N3O.HI/c1-4-5-9-14-23(3)20(21-2)22-16-18-13-10-15-24-19(18)17-11-7-6-8-12-17;/h4,6-8,11-12,18-19H,1,5,9-10,13-16H2,2-3H3,(H,21,22);1H. The monoisotopic (exact) mass is 457 g/mol. The lowest BCUT2D eigenvalue weighted by Crippen LogP contribution is -2.43. The molecule has 4 nitrogen and oxygen atoms in total. The van der Waals surface area contributed by atoms with Gasteiger partial charge in [0.1, 0.15) is 0 Å². The molecule has 25 heavy (non-hydrogen) atoms. The zero-order chi connectivity index (χ0) is 17.2. The summed E-state index contributed by atoms with van der Waals surface area (Å²) >= 11 is 0. The van der Waals surface area contributed by atoms with Crippen LogP contribution in [0, 0.1) is 5.92 Å². The summed E-state index contributed by atoms with van der Waals surface area (Å²) in [6.45, 7) is 6.50. The fourth-order valence-electron chi connectivity index (χ4n) is 3.25.